The van der Waals surface area contributed by atoms with Crippen LogP contribution in [0.25, 0.3) is 0 Å². The molecule has 1 aliphatic heterocycles. The van der Waals surface area contributed by atoms with Crippen molar-refractivity contribution in [3.05, 3.63) is 34.9 Å². The second kappa shape index (κ2) is 6.20. The number of amides is 1. The molecule has 104 valence electrons. The summed E-state index contributed by atoms with van der Waals surface area (Å²) in [6.07, 6.45) is 3.47. The molecule has 0 bridgehead atoms. The molecule has 0 fully saturated rings. The molecule has 1 heterocycles. The van der Waals surface area contributed by atoms with Crippen molar-refractivity contribution in [2.24, 2.45) is 5.92 Å². The third-order valence-electron chi connectivity index (χ3n) is 3.91. The number of carbonyl (C=O) groups excluding carboxylic acids is 1. The molecule has 0 spiro atoms. The Kier molecular flexibility index (Phi) is 4.59. The van der Waals surface area contributed by atoms with Gasteiger partial charge < -0.3 is 10.4 Å². The second-order valence-electron chi connectivity index (χ2n) is 5.49. The predicted molar refractivity (Wildman–Crippen MR) is 76.1 cm³/mol. The maximum atomic E-state index is 12.0. The third kappa shape index (κ3) is 3.16. The van der Waals surface area contributed by atoms with E-state index in [1.165, 1.54) is 0 Å². The molecule has 0 saturated heterocycles. The summed E-state index contributed by atoms with van der Waals surface area (Å²) in [5.41, 5.74) is 2.68. The van der Waals surface area contributed by atoms with Gasteiger partial charge in [-0.3, -0.25) is 4.79 Å². The van der Waals surface area contributed by atoms with Crippen LogP contribution in [-0.2, 0) is 6.42 Å². The summed E-state index contributed by atoms with van der Waals surface area (Å²) in [6.45, 7) is 4.91. The number of hydrogen-bond acceptors (Lipinski definition) is 2. The van der Waals surface area contributed by atoms with E-state index in [9.17, 15) is 9.90 Å². The third-order valence-corrected chi connectivity index (χ3v) is 3.91. The summed E-state index contributed by atoms with van der Waals surface area (Å²) in [5.74, 6) is 0.210. The zero-order valence-corrected chi connectivity index (χ0v) is 11.8. The van der Waals surface area contributed by atoms with Crippen molar-refractivity contribution in [2.45, 2.75) is 45.6 Å². The van der Waals surface area contributed by atoms with Crippen LogP contribution in [0, 0.1) is 5.92 Å². The largest absolute Gasteiger partial charge is 0.388 e. The van der Waals surface area contributed by atoms with Crippen molar-refractivity contribution in [1.29, 1.82) is 0 Å². The zero-order chi connectivity index (χ0) is 13.8. The Labute approximate surface area is 115 Å². The first-order valence-corrected chi connectivity index (χ1v) is 7.22. The topological polar surface area (TPSA) is 49.3 Å². The minimum atomic E-state index is -0.485. The molecule has 0 aromatic heterocycles. The van der Waals surface area contributed by atoms with Crippen molar-refractivity contribution in [3.63, 3.8) is 0 Å². The van der Waals surface area contributed by atoms with Gasteiger partial charge in [0.2, 0.25) is 0 Å². The van der Waals surface area contributed by atoms with Gasteiger partial charge >= 0.3 is 0 Å². The normalized spacial score (nSPS) is 18.2. The molecule has 1 aromatic rings. The molecular weight excluding hydrogens is 238 g/mol. The molecule has 0 saturated carbocycles. The molecule has 19 heavy (non-hydrogen) atoms. The molecule has 1 aliphatic rings. The lowest BCUT2D eigenvalue weighted by Gasteiger charge is -2.19. The van der Waals surface area contributed by atoms with Gasteiger partial charge in [-0.1, -0.05) is 32.4 Å². The predicted octanol–water partition coefficient (Wildman–Crippen LogP) is 2.83. The highest BCUT2D eigenvalue weighted by molar-refractivity contribution is 5.96. The van der Waals surface area contributed by atoms with Gasteiger partial charge in [0.25, 0.3) is 5.91 Å². The lowest BCUT2D eigenvalue weighted by Crippen LogP contribution is -2.23. The molecule has 2 atom stereocenters. The number of rotatable bonds is 4. The summed E-state index contributed by atoms with van der Waals surface area (Å²) >= 11 is 0. The van der Waals surface area contributed by atoms with Crippen LogP contribution in [0.3, 0.4) is 0 Å². The fraction of sp³-hybridized carbons (Fsp3) is 0.562. The summed E-state index contributed by atoms with van der Waals surface area (Å²) in [6, 6.07) is 5.83. The molecule has 3 nitrogen and oxygen atoms in total. The fourth-order valence-electron chi connectivity index (χ4n) is 2.73. The number of nitrogens with one attached hydrogen (secondary N) is 1. The first-order valence-electron chi connectivity index (χ1n) is 7.22. The van der Waals surface area contributed by atoms with Crippen LogP contribution in [0.2, 0.25) is 0 Å². The molecule has 0 radical (unpaired) electrons. The number of hydrogen-bond donors (Lipinski definition) is 2. The number of aliphatic hydroxyl groups is 1. The Morgan fingerprint density at radius 3 is 2.95 bits per heavy atom. The first-order chi connectivity index (χ1) is 9.13. The molecule has 0 aliphatic carbocycles. The average molecular weight is 261 g/mol. The van der Waals surface area contributed by atoms with Gasteiger partial charge in [-0.25, -0.2) is 0 Å². The average Bonchev–Trinajstić information content (AvgIpc) is 2.60. The fourth-order valence-corrected chi connectivity index (χ4v) is 2.73. The minimum absolute atomic E-state index is 0.00954. The van der Waals surface area contributed by atoms with Gasteiger partial charge in [0.05, 0.1) is 6.10 Å². The van der Waals surface area contributed by atoms with E-state index in [2.05, 4.69) is 19.2 Å². The van der Waals surface area contributed by atoms with Crippen molar-refractivity contribution < 1.29 is 9.90 Å². The van der Waals surface area contributed by atoms with E-state index < -0.39 is 6.10 Å². The van der Waals surface area contributed by atoms with Gasteiger partial charge in [0, 0.05) is 12.1 Å². The Balaban J connectivity index is 2.26. The number of benzene rings is 1. The summed E-state index contributed by atoms with van der Waals surface area (Å²) in [5, 5.41) is 13.2. The van der Waals surface area contributed by atoms with E-state index in [-0.39, 0.29) is 11.8 Å². The smallest absolute Gasteiger partial charge is 0.251 e. The van der Waals surface area contributed by atoms with E-state index in [0.717, 1.165) is 48.9 Å². The summed E-state index contributed by atoms with van der Waals surface area (Å²) in [7, 11) is 0. The van der Waals surface area contributed by atoms with Crippen molar-refractivity contribution in [1.82, 2.24) is 5.32 Å². The lowest BCUT2D eigenvalue weighted by molar-refractivity contribution is 0.0954. The van der Waals surface area contributed by atoms with Crippen molar-refractivity contribution >= 4 is 5.91 Å². The maximum Gasteiger partial charge on any atom is 0.251 e. The quantitative estimate of drug-likeness (QED) is 0.875. The Morgan fingerprint density at radius 1 is 1.42 bits per heavy atom. The van der Waals surface area contributed by atoms with Crippen LogP contribution in [0.15, 0.2) is 18.2 Å². The van der Waals surface area contributed by atoms with E-state index >= 15 is 0 Å². The zero-order valence-electron chi connectivity index (χ0n) is 11.8. The lowest BCUT2D eigenvalue weighted by atomic mass is 9.91. The number of fused-ring (bicyclic) bond motifs is 1. The van der Waals surface area contributed by atoms with Gasteiger partial charge in [-0.2, -0.15) is 0 Å². The first kappa shape index (κ1) is 14.1. The Hall–Kier alpha value is -1.35. The molecule has 2 N–H and O–H groups in total. The van der Waals surface area contributed by atoms with Crippen LogP contribution < -0.4 is 5.32 Å². The SMILES string of the molecule is CCCC(C)C(O)c1ccc2c(c1)C(=O)NCCC2. The van der Waals surface area contributed by atoms with Gasteiger partial charge in [0.15, 0.2) is 0 Å². The number of aryl methyl sites for hydroxylation is 1. The highest BCUT2D eigenvalue weighted by atomic mass is 16.3. The van der Waals surface area contributed by atoms with E-state index in [1.807, 2.05) is 18.2 Å². The molecule has 3 heteroatoms. The summed E-state index contributed by atoms with van der Waals surface area (Å²) in [4.78, 5) is 12.0. The molecule has 1 amide bonds. The molecule has 2 unspecified atom stereocenters. The van der Waals surface area contributed by atoms with E-state index in [4.69, 9.17) is 0 Å². The monoisotopic (exact) mass is 261 g/mol. The standard InChI is InChI=1S/C16H23NO2/c1-3-5-11(2)15(18)13-8-7-12-6-4-9-17-16(19)14(12)10-13/h7-8,10-11,15,18H,3-6,9H2,1-2H3,(H,17,19). The van der Waals surface area contributed by atoms with Crippen LogP contribution >= 0.6 is 0 Å². The van der Waals surface area contributed by atoms with Crippen LogP contribution in [0.5, 0.6) is 0 Å². The van der Waals surface area contributed by atoms with Gasteiger partial charge in [0.1, 0.15) is 0 Å². The van der Waals surface area contributed by atoms with Gasteiger partial charge in [-0.05, 0) is 42.4 Å². The summed E-state index contributed by atoms with van der Waals surface area (Å²) < 4.78 is 0. The Morgan fingerprint density at radius 2 is 2.21 bits per heavy atom. The van der Waals surface area contributed by atoms with Crippen LogP contribution in [0.1, 0.15) is 60.7 Å². The molecule has 2 rings (SSSR count). The van der Waals surface area contributed by atoms with Crippen LogP contribution in [-0.4, -0.2) is 17.6 Å². The van der Waals surface area contributed by atoms with Crippen molar-refractivity contribution in [3.8, 4) is 0 Å². The molecular formula is C16H23NO2. The van der Waals surface area contributed by atoms with Gasteiger partial charge in [-0.15, -0.1) is 0 Å². The van der Waals surface area contributed by atoms with Crippen LogP contribution in [0.4, 0.5) is 0 Å². The van der Waals surface area contributed by atoms with E-state index in [1.54, 1.807) is 0 Å². The van der Waals surface area contributed by atoms with Crippen molar-refractivity contribution in [2.75, 3.05) is 6.54 Å². The number of aliphatic hydroxyl groups excluding tert-OH is 1. The minimum Gasteiger partial charge on any atom is -0.388 e. The van der Waals surface area contributed by atoms with E-state index in [0.29, 0.717) is 0 Å². The molecule has 1 aromatic carbocycles. The number of carbonyl (C=O) groups is 1. The highest BCUT2D eigenvalue weighted by Crippen LogP contribution is 2.27. The Bertz CT molecular complexity index is 456. The highest BCUT2D eigenvalue weighted by Gasteiger charge is 2.20. The second-order valence-corrected chi connectivity index (χ2v) is 5.49. The maximum absolute atomic E-state index is 12.0.